The number of hydrogen-bond donors (Lipinski definition) is 3. The number of hydrogen-bond acceptors (Lipinski definition) is 4. The van der Waals surface area contributed by atoms with Gasteiger partial charge in [0, 0.05) is 18.2 Å². The van der Waals surface area contributed by atoms with Gasteiger partial charge in [-0.05, 0) is 57.2 Å². The van der Waals surface area contributed by atoms with E-state index in [0.29, 0.717) is 0 Å². The molecule has 0 unspecified atom stereocenters. The van der Waals surface area contributed by atoms with Gasteiger partial charge in [-0.3, -0.25) is 14.9 Å². The number of rotatable bonds is 4. The molecule has 31 heavy (non-hydrogen) atoms. The maximum Gasteiger partial charge on any atom is 0.416 e. The van der Waals surface area contributed by atoms with Crippen LogP contribution >= 0.6 is 0 Å². The van der Waals surface area contributed by atoms with E-state index in [9.17, 15) is 27.6 Å². The smallest absolute Gasteiger partial charge is 0.416 e. The van der Waals surface area contributed by atoms with E-state index >= 15 is 0 Å². The van der Waals surface area contributed by atoms with E-state index in [-0.39, 0.29) is 22.6 Å². The minimum Gasteiger partial charge on any atom is -0.444 e. The van der Waals surface area contributed by atoms with Gasteiger partial charge in [-0.25, -0.2) is 4.79 Å². The molecule has 2 rings (SSSR count). The first-order valence-corrected chi connectivity index (χ1v) is 9.15. The molecule has 0 bridgehead atoms. The number of anilines is 3. The zero-order valence-corrected chi connectivity index (χ0v) is 17.3. The summed E-state index contributed by atoms with van der Waals surface area (Å²) in [7, 11) is 0. The predicted molar refractivity (Wildman–Crippen MR) is 110 cm³/mol. The van der Waals surface area contributed by atoms with Gasteiger partial charge in [-0.15, -0.1) is 0 Å². The standard InChI is InChI=1S/C21H22F3N3O4/c1-12(28)25-16-9-8-14(21(22,23)24)11-17(16)27-18(29)13-6-5-7-15(10-13)26-19(30)31-20(2,3)4/h5-11H,1-4H3,(H,25,28)(H,26,30)(H,27,29). The molecule has 0 aliphatic carbocycles. The summed E-state index contributed by atoms with van der Waals surface area (Å²) >= 11 is 0. The SMILES string of the molecule is CC(=O)Nc1ccc(C(F)(F)F)cc1NC(=O)c1cccc(NC(=O)OC(C)(C)C)c1. The average Bonchev–Trinajstić information content (AvgIpc) is 2.60. The molecule has 3 amide bonds. The van der Waals surface area contributed by atoms with Crippen molar-refractivity contribution in [2.75, 3.05) is 16.0 Å². The zero-order chi connectivity index (χ0) is 23.4. The lowest BCUT2D eigenvalue weighted by molar-refractivity contribution is -0.137. The Kier molecular flexibility index (Phi) is 6.94. The van der Waals surface area contributed by atoms with E-state index in [1.807, 2.05) is 0 Å². The molecule has 10 heteroatoms. The summed E-state index contributed by atoms with van der Waals surface area (Å²) in [5.74, 6) is -1.25. The summed E-state index contributed by atoms with van der Waals surface area (Å²) in [4.78, 5) is 35.9. The number of benzene rings is 2. The monoisotopic (exact) mass is 437 g/mol. The van der Waals surface area contributed by atoms with Crippen molar-refractivity contribution >= 4 is 35.0 Å². The van der Waals surface area contributed by atoms with Crippen LogP contribution in [0.4, 0.5) is 35.0 Å². The first-order chi connectivity index (χ1) is 14.2. The van der Waals surface area contributed by atoms with Crippen molar-refractivity contribution in [2.45, 2.75) is 39.5 Å². The Balaban J connectivity index is 2.26. The minimum atomic E-state index is -4.63. The summed E-state index contributed by atoms with van der Waals surface area (Å²) in [5.41, 5.74) is -1.59. The molecule has 0 aliphatic rings. The molecule has 0 fully saturated rings. The van der Waals surface area contributed by atoms with Crippen LogP contribution < -0.4 is 16.0 Å². The van der Waals surface area contributed by atoms with Crippen molar-refractivity contribution in [3.05, 3.63) is 53.6 Å². The van der Waals surface area contributed by atoms with Gasteiger partial charge in [-0.1, -0.05) is 6.07 Å². The molecule has 0 saturated heterocycles. The van der Waals surface area contributed by atoms with Crippen LogP contribution in [-0.4, -0.2) is 23.5 Å². The Hall–Kier alpha value is -3.56. The summed E-state index contributed by atoms with van der Waals surface area (Å²) in [6.45, 7) is 6.27. The molecule has 0 radical (unpaired) electrons. The van der Waals surface area contributed by atoms with Crippen molar-refractivity contribution in [1.82, 2.24) is 0 Å². The van der Waals surface area contributed by atoms with Crippen molar-refractivity contribution in [1.29, 1.82) is 0 Å². The molecular formula is C21H22F3N3O4. The Morgan fingerprint density at radius 1 is 0.871 bits per heavy atom. The van der Waals surface area contributed by atoms with Gasteiger partial charge >= 0.3 is 12.3 Å². The third-order valence-corrected chi connectivity index (χ3v) is 3.68. The normalized spacial score (nSPS) is 11.5. The fraction of sp³-hybridized carbons (Fsp3) is 0.286. The van der Waals surface area contributed by atoms with Crippen molar-refractivity contribution < 1.29 is 32.3 Å². The van der Waals surface area contributed by atoms with Crippen LogP contribution in [0.2, 0.25) is 0 Å². The van der Waals surface area contributed by atoms with Gasteiger partial charge in [-0.2, -0.15) is 13.2 Å². The number of alkyl halides is 3. The Morgan fingerprint density at radius 2 is 1.55 bits per heavy atom. The van der Waals surface area contributed by atoms with Gasteiger partial charge in [0.25, 0.3) is 5.91 Å². The Labute approximate surface area is 177 Å². The van der Waals surface area contributed by atoms with Crippen LogP contribution in [0.3, 0.4) is 0 Å². The van der Waals surface area contributed by atoms with Crippen LogP contribution in [0.5, 0.6) is 0 Å². The van der Waals surface area contributed by atoms with Crippen LogP contribution in [0, 0.1) is 0 Å². The number of amides is 3. The average molecular weight is 437 g/mol. The molecule has 0 atom stereocenters. The Bertz CT molecular complexity index is 998. The summed E-state index contributed by atoms with van der Waals surface area (Å²) in [6, 6.07) is 8.35. The molecule has 0 saturated carbocycles. The van der Waals surface area contributed by atoms with Gasteiger partial charge < -0.3 is 15.4 Å². The number of ether oxygens (including phenoxy) is 1. The maximum absolute atomic E-state index is 13.1. The highest BCUT2D eigenvalue weighted by molar-refractivity contribution is 6.08. The van der Waals surface area contributed by atoms with E-state index in [1.165, 1.54) is 31.2 Å². The lowest BCUT2D eigenvalue weighted by Gasteiger charge is -2.19. The van der Waals surface area contributed by atoms with Crippen LogP contribution in [-0.2, 0) is 15.7 Å². The molecule has 2 aromatic carbocycles. The fourth-order valence-electron chi connectivity index (χ4n) is 2.48. The zero-order valence-electron chi connectivity index (χ0n) is 17.3. The number of carbonyl (C=O) groups is 3. The van der Waals surface area contributed by atoms with Crippen molar-refractivity contribution in [3.8, 4) is 0 Å². The minimum absolute atomic E-state index is 0.0110. The highest BCUT2D eigenvalue weighted by Gasteiger charge is 2.31. The second-order valence-electron chi connectivity index (χ2n) is 7.60. The third kappa shape index (κ3) is 7.32. The molecule has 0 aromatic heterocycles. The van der Waals surface area contributed by atoms with Crippen molar-refractivity contribution in [3.63, 3.8) is 0 Å². The summed E-state index contributed by atoms with van der Waals surface area (Å²) in [5, 5.41) is 7.22. The predicted octanol–water partition coefficient (Wildman–Crippen LogP) is 5.26. The second-order valence-corrected chi connectivity index (χ2v) is 7.60. The van der Waals surface area contributed by atoms with Crippen LogP contribution in [0.15, 0.2) is 42.5 Å². The van der Waals surface area contributed by atoms with E-state index in [4.69, 9.17) is 4.74 Å². The summed E-state index contributed by atoms with van der Waals surface area (Å²) in [6.07, 6.45) is -5.36. The first kappa shape index (κ1) is 23.7. The maximum atomic E-state index is 13.1. The summed E-state index contributed by atoms with van der Waals surface area (Å²) < 4.78 is 44.3. The van der Waals surface area contributed by atoms with Crippen LogP contribution in [0.25, 0.3) is 0 Å². The topological polar surface area (TPSA) is 96.5 Å². The highest BCUT2D eigenvalue weighted by atomic mass is 19.4. The second kappa shape index (κ2) is 9.07. The molecule has 0 heterocycles. The Morgan fingerprint density at radius 3 is 2.13 bits per heavy atom. The van der Waals surface area contributed by atoms with Crippen LogP contribution in [0.1, 0.15) is 43.6 Å². The fourth-order valence-corrected chi connectivity index (χ4v) is 2.48. The quantitative estimate of drug-likeness (QED) is 0.608. The van der Waals surface area contributed by atoms with E-state index in [1.54, 1.807) is 20.8 Å². The van der Waals surface area contributed by atoms with Gasteiger partial charge in [0.1, 0.15) is 5.60 Å². The molecule has 0 aliphatic heterocycles. The molecule has 2 aromatic rings. The number of halogens is 3. The largest absolute Gasteiger partial charge is 0.444 e. The lowest BCUT2D eigenvalue weighted by Crippen LogP contribution is -2.27. The van der Waals surface area contributed by atoms with E-state index in [2.05, 4.69) is 16.0 Å². The van der Waals surface area contributed by atoms with Crippen molar-refractivity contribution in [2.24, 2.45) is 0 Å². The first-order valence-electron chi connectivity index (χ1n) is 9.15. The molecule has 7 nitrogen and oxygen atoms in total. The molecule has 3 N–H and O–H groups in total. The highest BCUT2D eigenvalue weighted by Crippen LogP contribution is 2.34. The molecular weight excluding hydrogens is 415 g/mol. The third-order valence-electron chi connectivity index (χ3n) is 3.68. The van der Waals surface area contributed by atoms with Gasteiger partial charge in [0.05, 0.1) is 16.9 Å². The molecule has 0 spiro atoms. The molecule has 166 valence electrons. The van der Waals surface area contributed by atoms with E-state index < -0.39 is 35.2 Å². The lowest BCUT2D eigenvalue weighted by atomic mass is 10.1. The number of nitrogens with one attached hydrogen (secondary N) is 3. The number of carbonyl (C=O) groups excluding carboxylic acids is 3. The van der Waals surface area contributed by atoms with Gasteiger partial charge in [0.15, 0.2) is 0 Å². The van der Waals surface area contributed by atoms with E-state index in [0.717, 1.165) is 18.2 Å². The van der Waals surface area contributed by atoms with Gasteiger partial charge in [0.2, 0.25) is 5.91 Å².